The van der Waals surface area contributed by atoms with E-state index in [1.165, 1.54) is 4.31 Å². The molecule has 23 heavy (non-hydrogen) atoms. The molecule has 0 aliphatic rings. The first-order chi connectivity index (χ1) is 10.9. The van der Waals surface area contributed by atoms with Gasteiger partial charge in [0, 0.05) is 12.1 Å². The molecule has 1 unspecified atom stereocenters. The van der Waals surface area contributed by atoms with Crippen LogP contribution in [-0.2, 0) is 10.0 Å². The zero-order chi connectivity index (χ0) is 17.0. The molecule has 0 amide bonds. The van der Waals surface area contributed by atoms with Crippen LogP contribution in [0.5, 0.6) is 0 Å². The highest BCUT2D eigenvalue weighted by atomic mass is 32.2. The molecule has 0 aromatic heterocycles. The molecular weight excluding hydrogens is 310 g/mol. The SMILES string of the molecule is CCN(C(C)C(=O)c1ccccc1)S(=O)(=O)c1ccc(C)cc1. The third kappa shape index (κ3) is 3.68. The topological polar surface area (TPSA) is 54.5 Å². The largest absolute Gasteiger partial charge is 0.292 e. The Labute approximate surface area is 137 Å². The smallest absolute Gasteiger partial charge is 0.243 e. The van der Waals surface area contributed by atoms with Crippen molar-refractivity contribution in [2.75, 3.05) is 6.54 Å². The Kier molecular flexibility index (Phi) is 5.34. The lowest BCUT2D eigenvalue weighted by molar-refractivity contribution is 0.0910. The maximum atomic E-state index is 12.8. The van der Waals surface area contributed by atoms with Gasteiger partial charge in [-0.1, -0.05) is 55.0 Å². The van der Waals surface area contributed by atoms with Gasteiger partial charge in [-0.25, -0.2) is 8.42 Å². The number of Topliss-reactive ketones (excluding diaryl/α,β-unsaturated/α-hetero) is 1. The Hall–Kier alpha value is -1.98. The molecule has 0 fully saturated rings. The third-order valence-electron chi connectivity index (χ3n) is 3.81. The van der Waals surface area contributed by atoms with Crippen LogP contribution in [0.15, 0.2) is 59.5 Å². The zero-order valence-electron chi connectivity index (χ0n) is 13.6. The average molecular weight is 331 g/mol. The highest BCUT2D eigenvalue weighted by Gasteiger charge is 2.32. The molecule has 0 radical (unpaired) electrons. The van der Waals surface area contributed by atoms with Crippen molar-refractivity contribution in [3.05, 3.63) is 65.7 Å². The summed E-state index contributed by atoms with van der Waals surface area (Å²) in [5.41, 5.74) is 1.50. The fourth-order valence-electron chi connectivity index (χ4n) is 2.47. The summed E-state index contributed by atoms with van der Waals surface area (Å²) >= 11 is 0. The standard InChI is InChI=1S/C18H21NO3S/c1-4-19(15(3)18(20)16-8-6-5-7-9-16)23(21,22)17-12-10-14(2)11-13-17/h5-13,15H,4H2,1-3H3. The predicted octanol–water partition coefficient (Wildman–Crippen LogP) is 3.28. The van der Waals surface area contributed by atoms with Crippen molar-refractivity contribution < 1.29 is 13.2 Å². The second-order valence-electron chi connectivity index (χ2n) is 5.43. The fourth-order valence-corrected chi connectivity index (χ4v) is 4.07. The molecule has 0 bridgehead atoms. The van der Waals surface area contributed by atoms with Gasteiger partial charge in [-0.3, -0.25) is 4.79 Å². The van der Waals surface area contributed by atoms with Crippen molar-refractivity contribution in [1.29, 1.82) is 0 Å². The van der Waals surface area contributed by atoms with Crippen molar-refractivity contribution in [2.45, 2.75) is 31.7 Å². The van der Waals surface area contributed by atoms with Gasteiger partial charge in [0.15, 0.2) is 5.78 Å². The first-order valence-corrected chi connectivity index (χ1v) is 8.99. The maximum Gasteiger partial charge on any atom is 0.243 e. The van der Waals surface area contributed by atoms with Crippen LogP contribution in [0.3, 0.4) is 0 Å². The van der Waals surface area contributed by atoms with Crippen molar-refractivity contribution in [2.24, 2.45) is 0 Å². The number of nitrogens with zero attached hydrogens (tertiary/aromatic N) is 1. The molecular formula is C18H21NO3S. The van der Waals surface area contributed by atoms with Crippen molar-refractivity contribution >= 4 is 15.8 Å². The number of sulfonamides is 1. The molecule has 2 aromatic rings. The highest BCUT2D eigenvalue weighted by Crippen LogP contribution is 2.20. The molecule has 4 nitrogen and oxygen atoms in total. The molecule has 0 spiro atoms. The van der Waals surface area contributed by atoms with E-state index in [1.807, 2.05) is 13.0 Å². The summed E-state index contributed by atoms with van der Waals surface area (Å²) in [4.78, 5) is 12.8. The molecule has 2 aromatic carbocycles. The van der Waals surface area contributed by atoms with E-state index >= 15 is 0 Å². The monoisotopic (exact) mass is 331 g/mol. The van der Waals surface area contributed by atoms with E-state index in [4.69, 9.17) is 0 Å². The fraction of sp³-hybridized carbons (Fsp3) is 0.278. The number of rotatable bonds is 6. The summed E-state index contributed by atoms with van der Waals surface area (Å²) in [5.74, 6) is -0.205. The van der Waals surface area contributed by atoms with Gasteiger partial charge in [-0.05, 0) is 26.0 Å². The van der Waals surface area contributed by atoms with Gasteiger partial charge in [0.1, 0.15) is 0 Å². The zero-order valence-corrected chi connectivity index (χ0v) is 14.4. The van der Waals surface area contributed by atoms with E-state index in [1.54, 1.807) is 62.4 Å². The van der Waals surface area contributed by atoms with E-state index in [2.05, 4.69) is 0 Å². The van der Waals surface area contributed by atoms with Gasteiger partial charge in [0.2, 0.25) is 10.0 Å². The number of carbonyl (C=O) groups excluding carboxylic acids is 1. The maximum absolute atomic E-state index is 12.8. The molecule has 0 heterocycles. The first kappa shape index (κ1) is 17.4. The normalized spacial score (nSPS) is 13.0. The van der Waals surface area contributed by atoms with Crippen molar-refractivity contribution in [1.82, 2.24) is 4.31 Å². The number of benzene rings is 2. The van der Waals surface area contributed by atoms with Crippen LogP contribution in [0, 0.1) is 6.92 Å². The quantitative estimate of drug-likeness (QED) is 0.763. The number of ketones is 1. The number of carbonyl (C=O) groups is 1. The lowest BCUT2D eigenvalue weighted by Gasteiger charge is -2.26. The van der Waals surface area contributed by atoms with E-state index in [9.17, 15) is 13.2 Å². The Balaban J connectivity index is 2.34. The molecule has 0 saturated carbocycles. The minimum absolute atomic E-state index is 0.205. The van der Waals surface area contributed by atoms with Crippen LogP contribution in [-0.4, -0.2) is 31.1 Å². The molecule has 122 valence electrons. The van der Waals surface area contributed by atoms with Crippen LogP contribution in [0.4, 0.5) is 0 Å². The second-order valence-corrected chi connectivity index (χ2v) is 7.32. The summed E-state index contributed by atoms with van der Waals surface area (Å²) in [7, 11) is -3.71. The van der Waals surface area contributed by atoms with E-state index in [-0.39, 0.29) is 17.2 Å². The minimum atomic E-state index is -3.71. The molecule has 0 aliphatic heterocycles. The van der Waals surface area contributed by atoms with Gasteiger partial charge < -0.3 is 0 Å². The van der Waals surface area contributed by atoms with Gasteiger partial charge in [0.25, 0.3) is 0 Å². The number of likely N-dealkylation sites (N-methyl/N-ethyl adjacent to an activating group) is 1. The molecule has 0 N–H and O–H groups in total. The lowest BCUT2D eigenvalue weighted by Crippen LogP contribution is -2.43. The van der Waals surface area contributed by atoms with E-state index < -0.39 is 16.1 Å². The summed E-state index contributed by atoms with van der Waals surface area (Å²) in [6, 6.07) is 14.7. The molecule has 1 atom stereocenters. The number of aryl methyl sites for hydroxylation is 1. The highest BCUT2D eigenvalue weighted by molar-refractivity contribution is 7.89. The van der Waals surface area contributed by atoms with Gasteiger partial charge in [-0.2, -0.15) is 4.31 Å². The number of hydrogen-bond acceptors (Lipinski definition) is 3. The molecule has 5 heteroatoms. The summed E-state index contributed by atoms with van der Waals surface area (Å²) in [6.45, 7) is 5.50. The minimum Gasteiger partial charge on any atom is -0.292 e. The van der Waals surface area contributed by atoms with Crippen LogP contribution in [0.25, 0.3) is 0 Å². The van der Waals surface area contributed by atoms with Crippen LogP contribution in [0.1, 0.15) is 29.8 Å². The Morgan fingerprint density at radius 2 is 1.61 bits per heavy atom. The van der Waals surface area contributed by atoms with Crippen LogP contribution < -0.4 is 0 Å². The second kappa shape index (κ2) is 7.06. The average Bonchev–Trinajstić information content (AvgIpc) is 2.55. The lowest BCUT2D eigenvalue weighted by atomic mass is 10.1. The van der Waals surface area contributed by atoms with Crippen molar-refractivity contribution in [3.8, 4) is 0 Å². The van der Waals surface area contributed by atoms with E-state index in [0.29, 0.717) is 5.56 Å². The molecule has 2 rings (SSSR count). The Morgan fingerprint density at radius 1 is 1.04 bits per heavy atom. The van der Waals surface area contributed by atoms with E-state index in [0.717, 1.165) is 5.56 Å². The van der Waals surface area contributed by atoms with Gasteiger partial charge in [0.05, 0.1) is 10.9 Å². The Morgan fingerprint density at radius 3 is 2.13 bits per heavy atom. The first-order valence-electron chi connectivity index (χ1n) is 7.55. The summed E-state index contributed by atoms with van der Waals surface area (Å²) in [6.07, 6.45) is 0. The molecule has 0 saturated heterocycles. The summed E-state index contributed by atoms with van der Waals surface area (Å²) in [5, 5.41) is 0. The van der Waals surface area contributed by atoms with Gasteiger partial charge >= 0.3 is 0 Å². The summed E-state index contributed by atoms with van der Waals surface area (Å²) < 4.78 is 26.9. The Bertz CT molecular complexity index is 768. The third-order valence-corrected chi connectivity index (χ3v) is 5.87. The van der Waals surface area contributed by atoms with Crippen LogP contribution >= 0.6 is 0 Å². The van der Waals surface area contributed by atoms with Gasteiger partial charge in [-0.15, -0.1) is 0 Å². The van der Waals surface area contributed by atoms with Crippen molar-refractivity contribution in [3.63, 3.8) is 0 Å². The predicted molar refractivity (Wildman–Crippen MR) is 91.0 cm³/mol. The van der Waals surface area contributed by atoms with Crippen LogP contribution in [0.2, 0.25) is 0 Å². The molecule has 0 aliphatic carbocycles. The number of hydrogen-bond donors (Lipinski definition) is 0.